The molecular formula is C36H47N5O. The average molecular weight is 566 g/mol. The summed E-state index contributed by atoms with van der Waals surface area (Å²) in [4.78, 5) is 13.1. The number of hydrogen-bond donors (Lipinski definition) is 1. The number of anilines is 1. The topological polar surface area (TPSA) is 43.3 Å². The molecule has 2 bridgehead atoms. The molecular weight excluding hydrogens is 518 g/mol. The standard InChI is InChI=1S/C36H47N5O/c1-25-21-39(33-10-4-8-28-7-3-9-32(34(28)33)27-11-12-27)20-15-31(25)35(40-22-29-13-14-30(23-40)38-29)37-26(2)42-24-36-16-5-18-41(36)19-6-17-36/h3-4,7-10,27,29-30,38H,1,5-6,11-24H2,2H3/b35-31+,37-26+. The van der Waals surface area contributed by atoms with Crippen LogP contribution in [0.3, 0.4) is 0 Å². The second kappa shape index (κ2) is 10.7. The van der Waals surface area contributed by atoms with Crippen LogP contribution in [-0.4, -0.2) is 79.2 Å². The second-order valence-corrected chi connectivity index (χ2v) is 14.0. The highest BCUT2D eigenvalue weighted by atomic mass is 16.5. The molecule has 0 radical (unpaired) electrons. The first kappa shape index (κ1) is 26.8. The quantitative estimate of drug-likeness (QED) is 0.334. The van der Waals surface area contributed by atoms with Gasteiger partial charge >= 0.3 is 0 Å². The van der Waals surface area contributed by atoms with Crippen LogP contribution in [0.5, 0.6) is 0 Å². The number of fused-ring (bicyclic) bond motifs is 4. The highest BCUT2D eigenvalue weighted by Gasteiger charge is 2.45. The van der Waals surface area contributed by atoms with E-state index in [2.05, 4.69) is 63.3 Å². The van der Waals surface area contributed by atoms with Gasteiger partial charge in [-0.25, -0.2) is 4.99 Å². The minimum atomic E-state index is 0.241. The maximum Gasteiger partial charge on any atom is 0.186 e. The average Bonchev–Trinajstić information content (AvgIpc) is 3.53. The lowest BCUT2D eigenvalue weighted by atomic mass is 9.94. The first-order chi connectivity index (χ1) is 20.6. The van der Waals surface area contributed by atoms with E-state index in [1.165, 1.54) is 97.6 Å². The summed E-state index contributed by atoms with van der Waals surface area (Å²) in [6.45, 7) is 13.9. The van der Waals surface area contributed by atoms with Crippen LogP contribution in [0.15, 0.2) is 64.9 Å². The number of nitrogens with zero attached hydrogens (tertiary/aromatic N) is 4. The Balaban J connectivity index is 1.08. The van der Waals surface area contributed by atoms with Crippen molar-refractivity contribution in [2.75, 3.05) is 50.8 Å². The van der Waals surface area contributed by atoms with Gasteiger partial charge in [-0.1, -0.05) is 36.9 Å². The minimum Gasteiger partial charge on any atom is -0.479 e. The van der Waals surface area contributed by atoms with Gasteiger partial charge in [0.15, 0.2) is 5.90 Å². The summed E-state index contributed by atoms with van der Waals surface area (Å²) in [7, 11) is 0. The SMILES string of the molecule is C=C1CN(c2cccc3cccc(C4CC4)c23)CC/C1=C(/N=C(\C)OCC12CCCN1CCC2)N1CC2CCC(C1)N2. The zero-order chi connectivity index (χ0) is 28.3. The molecule has 6 aliphatic rings. The molecule has 5 aliphatic heterocycles. The molecule has 0 aromatic heterocycles. The number of piperidine rings is 1. The Labute approximate surface area is 251 Å². The van der Waals surface area contributed by atoms with Gasteiger partial charge in [0, 0.05) is 61.8 Å². The normalized spacial score (nSPS) is 29.0. The largest absolute Gasteiger partial charge is 0.479 e. The maximum atomic E-state index is 6.52. The Morgan fingerprint density at radius 2 is 1.74 bits per heavy atom. The first-order valence-corrected chi connectivity index (χ1v) is 16.7. The molecule has 0 spiro atoms. The molecule has 5 heterocycles. The van der Waals surface area contributed by atoms with Crippen molar-refractivity contribution in [3.05, 3.63) is 65.5 Å². The number of hydrogen-bond acceptors (Lipinski definition) is 6. The van der Waals surface area contributed by atoms with Gasteiger partial charge in [-0.2, -0.15) is 0 Å². The van der Waals surface area contributed by atoms with Gasteiger partial charge in [0.2, 0.25) is 0 Å². The van der Waals surface area contributed by atoms with Gasteiger partial charge in [0.1, 0.15) is 12.4 Å². The summed E-state index contributed by atoms with van der Waals surface area (Å²) in [6, 6.07) is 14.8. The predicted octanol–water partition coefficient (Wildman–Crippen LogP) is 6.19. The van der Waals surface area contributed by atoms with Crippen molar-refractivity contribution < 1.29 is 4.74 Å². The van der Waals surface area contributed by atoms with Crippen LogP contribution in [0.1, 0.15) is 76.2 Å². The number of aliphatic imine (C=N–C) groups is 1. The Morgan fingerprint density at radius 3 is 2.45 bits per heavy atom. The Hall–Kier alpha value is -2.83. The summed E-state index contributed by atoms with van der Waals surface area (Å²) in [5.41, 5.74) is 5.69. The monoisotopic (exact) mass is 565 g/mol. The van der Waals surface area contributed by atoms with Crippen molar-refractivity contribution in [1.82, 2.24) is 15.1 Å². The lowest BCUT2D eigenvalue weighted by Crippen LogP contribution is -2.51. The van der Waals surface area contributed by atoms with Crippen molar-refractivity contribution in [2.45, 2.75) is 88.3 Å². The molecule has 2 atom stereocenters. The zero-order valence-corrected chi connectivity index (χ0v) is 25.4. The van der Waals surface area contributed by atoms with E-state index < -0.39 is 0 Å². The fourth-order valence-corrected chi connectivity index (χ4v) is 8.83. The number of benzene rings is 2. The summed E-state index contributed by atoms with van der Waals surface area (Å²) in [6.07, 6.45) is 11.3. The van der Waals surface area contributed by atoms with E-state index in [4.69, 9.17) is 16.3 Å². The van der Waals surface area contributed by atoms with E-state index in [0.29, 0.717) is 12.1 Å². The van der Waals surface area contributed by atoms with Crippen LogP contribution in [0.2, 0.25) is 0 Å². The molecule has 5 saturated heterocycles. The van der Waals surface area contributed by atoms with Gasteiger partial charge in [-0.3, -0.25) is 4.90 Å². The summed E-state index contributed by atoms with van der Waals surface area (Å²) >= 11 is 0. The molecule has 42 heavy (non-hydrogen) atoms. The Kier molecular flexibility index (Phi) is 6.83. The molecule has 222 valence electrons. The van der Waals surface area contributed by atoms with Crippen LogP contribution < -0.4 is 10.2 Å². The molecule has 6 fully saturated rings. The molecule has 1 saturated carbocycles. The highest BCUT2D eigenvalue weighted by molar-refractivity contribution is 5.98. The molecule has 2 aromatic rings. The fourth-order valence-electron chi connectivity index (χ4n) is 8.83. The third-order valence-corrected chi connectivity index (χ3v) is 11.1. The third kappa shape index (κ3) is 4.85. The van der Waals surface area contributed by atoms with Crippen molar-refractivity contribution >= 4 is 22.4 Å². The van der Waals surface area contributed by atoms with Crippen molar-refractivity contribution in [2.24, 2.45) is 4.99 Å². The van der Waals surface area contributed by atoms with E-state index in [1.807, 2.05) is 0 Å². The first-order valence-electron chi connectivity index (χ1n) is 16.7. The molecule has 1 N–H and O–H groups in total. The molecule has 0 amide bonds. The van der Waals surface area contributed by atoms with E-state index >= 15 is 0 Å². The van der Waals surface area contributed by atoms with Crippen molar-refractivity contribution in [3.63, 3.8) is 0 Å². The van der Waals surface area contributed by atoms with Gasteiger partial charge in [-0.05, 0) is 99.4 Å². The van der Waals surface area contributed by atoms with Crippen LogP contribution in [-0.2, 0) is 4.74 Å². The molecule has 6 nitrogen and oxygen atoms in total. The van der Waals surface area contributed by atoms with E-state index in [1.54, 1.807) is 0 Å². The second-order valence-electron chi connectivity index (χ2n) is 14.0. The van der Waals surface area contributed by atoms with Gasteiger partial charge in [0.05, 0.1) is 5.54 Å². The third-order valence-electron chi connectivity index (χ3n) is 11.1. The molecule has 2 unspecified atom stereocenters. The van der Waals surface area contributed by atoms with Crippen molar-refractivity contribution in [3.8, 4) is 0 Å². The lowest BCUT2D eigenvalue weighted by molar-refractivity contribution is 0.106. The smallest absolute Gasteiger partial charge is 0.186 e. The zero-order valence-electron chi connectivity index (χ0n) is 25.4. The van der Waals surface area contributed by atoms with Crippen LogP contribution >= 0.6 is 0 Å². The number of likely N-dealkylation sites (tertiary alicyclic amines) is 1. The van der Waals surface area contributed by atoms with E-state index in [-0.39, 0.29) is 5.54 Å². The highest BCUT2D eigenvalue weighted by Crippen LogP contribution is 2.46. The molecule has 1 aliphatic carbocycles. The summed E-state index contributed by atoms with van der Waals surface area (Å²) < 4.78 is 6.52. The molecule has 8 rings (SSSR count). The van der Waals surface area contributed by atoms with Gasteiger partial charge < -0.3 is 19.9 Å². The van der Waals surface area contributed by atoms with Crippen LogP contribution in [0.25, 0.3) is 10.8 Å². The number of nitrogens with one attached hydrogen (secondary N) is 1. The van der Waals surface area contributed by atoms with Gasteiger partial charge in [-0.15, -0.1) is 0 Å². The van der Waals surface area contributed by atoms with E-state index in [0.717, 1.165) is 56.8 Å². The summed E-state index contributed by atoms with van der Waals surface area (Å²) in [5, 5.41) is 6.63. The molecule has 6 heteroatoms. The molecule has 2 aromatic carbocycles. The minimum absolute atomic E-state index is 0.241. The van der Waals surface area contributed by atoms with Crippen LogP contribution in [0.4, 0.5) is 5.69 Å². The Morgan fingerprint density at radius 1 is 1.00 bits per heavy atom. The number of ether oxygens (including phenoxy) is 1. The van der Waals surface area contributed by atoms with Crippen molar-refractivity contribution in [1.29, 1.82) is 0 Å². The predicted molar refractivity (Wildman–Crippen MR) is 172 cm³/mol. The Bertz CT molecular complexity index is 1410. The van der Waals surface area contributed by atoms with Gasteiger partial charge in [0.25, 0.3) is 0 Å². The summed E-state index contributed by atoms with van der Waals surface area (Å²) in [5.74, 6) is 2.67. The number of piperazine rings is 1. The lowest BCUT2D eigenvalue weighted by Gasteiger charge is -2.39. The van der Waals surface area contributed by atoms with E-state index in [9.17, 15) is 0 Å². The number of rotatable bonds is 6. The van der Waals surface area contributed by atoms with Crippen LogP contribution in [0, 0.1) is 0 Å². The fraction of sp³-hybridized carbons (Fsp3) is 0.583. The maximum absolute atomic E-state index is 6.52.